The Labute approximate surface area is 408 Å². The van der Waals surface area contributed by atoms with E-state index in [-0.39, 0.29) is 82.0 Å². The second-order valence-electron chi connectivity index (χ2n) is 14.1. The maximum absolute atomic E-state index is 12.9. The molecule has 3 aromatic carbocycles. The van der Waals surface area contributed by atoms with Gasteiger partial charge in [-0.05, 0) is 62.4 Å². The number of nitrogens with one attached hydrogen (secondary N) is 6. The number of aromatic nitrogens is 2. The van der Waals surface area contributed by atoms with Crippen LogP contribution in [-0.4, -0.2) is 71.4 Å². The van der Waals surface area contributed by atoms with E-state index in [0.717, 1.165) is 34.1 Å². The lowest BCUT2D eigenvalue weighted by molar-refractivity contribution is -0.116. The van der Waals surface area contributed by atoms with Crippen LogP contribution in [0.15, 0.2) is 82.4 Å². The predicted octanol–water partition coefficient (Wildman–Crippen LogP) is 1.42. The van der Waals surface area contributed by atoms with Gasteiger partial charge in [-0.25, -0.2) is 0 Å². The average molecular weight is 987 g/mol. The molecule has 0 unspecified atom stereocenters. The van der Waals surface area contributed by atoms with Crippen LogP contribution in [0.5, 0.6) is 5.75 Å². The number of amides is 4. The summed E-state index contributed by atoms with van der Waals surface area (Å²) in [7, 11) is 0. The van der Waals surface area contributed by atoms with Crippen molar-refractivity contribution < 1.29 is 23.9 Å². The third-order valence-corrected chi connectivity index (χ3v) is 12.1. The molecule has 0 fully saturated rings. The largest absolute Gasteiger partial charge is 0.490 e. The SMILES string of the molecule is C#CCNC(=O)C(C#N)=c1sc(=CNc2cccc(NC(=O)CCl)c2)c(=O)n1CC.C#CCNC(=O)C(C#N)=c1sc(=CNc2cccc(NC(=O)CN3CCOc4ccccc43)c2)c(=O)n1CC. The Hall–Kier alpha value is -8.53. The Kier molecular flexibility index (Phi) is 18.9. The van der Waals surface area contributed by atoms with Crippen molar-refractivity contribution in [1.82, 2.24) is 19.8 Å². The lowest BCUT2D eigenvalue weighted by atomic mass is 10.2. The van der Waals surface area contributed by atoms with Crippen LogP contribution in [0.3, 0.4) is 0 Å². The number of rotatable bonds is 15. The Bertz CT molecular complexity index is 3310. The van der Waals surface area contributed by atoms with Crippen molar-refractivity contribution >= 4 is 110 Å². The van der Waals surface area contributed by atoms with Gasteiger partial charge in [-0.15, -0.1) is 47.1 Å². The van der Waals surface area contributed by atoms with E-state index in [1.54, 1.807) is 62.4 Å². The molecule has 1 aliphatic heterocycles. The fourth-order valence-electron chi connectivity index (χ4n) is 6.45. The summed E-state index contributed by atoms with van der Waals surface area (Å²) in [6.45, 7) is 5.29. The highest BCUT2D eigenvalue weighted by Gasteiger charge is 2.20. The van der Waals surface area contributed by atoms with E-state index in [4.69, 9.17) is 29.2 Å². The van der Waals surface area contributed by atoms with Gasteiger partial charge < -0.3 is 41.5 Å². The molecular weight excluding hydrogens is 942 g/mol. The standard InChI is InChI=1S/C28H26N6O4S.C20H18ClN5O3S/c1-3-12-30-26(36)21(16-29)28-34(4-2)27(37)24(39-28)17-31-19-8-7-9-20(15-19)32-25(35)18-33-13-14-38-23-11-6-5-10-22(23)33;1-3-8-23-18(28)15(11-22)20-26(4-2)19(29)16(30-20)12-24-13-6-5-7-14(9-13)25-17(27)10-21/h1,5-11,15,17,31H,4,12-14,18H2,2H3,(H,30,36)(H,32,35);1,5-7,9,12,24H,4,8,10H2,2H3,(H,23,28)(H,25,27). The first-order valence-corrected chi connectivity index (χ1v) is 23.0. The molecular formula is C48H44ClN11O7S2. The Morgan fingerprint density at radius 1 is 0.725 bits per heavy atom. The van der Waals surface area contributed by atoms with E-state index in [0.29, 0.717) is 45.0 Å². The summed E-state index contributed by atoms with van der Waals surface area (Å²) < 4.78 is 9.48. The fraction of sp³-hybridized carbons (Fsp3) is 0.208. The van der Waals surface area contributed by atoms with Gasteiger partial charge in [-0.1, -0.05) is 36.1 Å². The van der Waals surface area contributed by atoms with Crippen LogP contribution in [-0.2, 0) is 32.3 Å². The maximum Gasteiger partial charge on any atom is 0.270 e. The zero-order chi connectivity index (χ0) is 49.9. The number of ether oxygens (including phenoxy) is 1. The number of alkyl halides is 1. The molecule has 1 aliphatic rings. The highest BCUT2D eigenvalue weighted by Crippen LogP contribution is 2.30. The molecule has 3 heterocycles. The van der Waals surface area contributed by atoms with Gasteiger partial charge >= 0.3 is 0 Å². The average Bonchev–Trinajstić information content (AvgIpc) is 3.85. The highest BCUT2D eigenvalue weighted by molar-refractivity contribution is 7.08. The first-order valence-electron chi connectivity index (χ1n) is 20.9. The van der Waals surface area contributed by atoms with Gasteiger partial charge in [-0.2, -0.15) is 10.5 Å². The second kappa shape index (κ2) is 25.4. The molecule has 6 N–H and O–H groups in total. The second-order valence-corrected chi connectivity index (χ2v) is 16.4. The van der Waals surface area contributed by atoms with Crippen molar-refractivity contribution in [3.05, 3.63) is 112 Å². The predicted molar refractivity (Wildman–Crippen MR) is 270 cm³/mol. The number of terminal acetylenes is 2. The van der Waals surface area contributed by atoms with Gasteiger partial charge in [0, 0.05) is 48.2 Å². The van der Waals surface area contributed by atoms with Gasteiger partial charge in [0.15, 0.2) is 11.1 Å². The minimum absolute atomic E-state index is 0.0249. The molecule has 69 heavy (non-hydrogen) atoms. The highest BCUT2D eigenvalue weighted by atomic mass is 35.5. The molecule has 0 saturated carbocycles. The van der Waals surface area contributed by atoms with Gasteiger partial charge in [0.1, 0.15) is 48.8 Å². The van der Waals surface area contributed by atoms with Crippen molar-refractivity contribution in [2.24, 2.45) is 0 Å². The van der Waals surface area contributed by atoms with Crippen LogP contribution in [0.1, 0.15) is 13.8 Å². The van der Waals surface area contributed by atoms with Crippen molar-refractivity contribution in [3.63, 3.8) is 0 Å². The van der Waals surface area contributed by atoms with Crippen LogP contribution < -0.4 is 71.0 Å². The zero-order valence-electron chi connectivity index (χ0n) is 37.2. The molecule has 0 radical (unpaired) electrons. The van der Waals surface area contributed by atoms with Crippen LogP contribution >= 0.6 is 34.3 Å². The third kappa shape index (κ3) is 13.5. The molecule has 2 aromatic heterocycles. The molecule has 0 atom stereocenters. The summed E-state index contributed by atoms with van der Waals surface area (Å²) in [5.74, 6) is 3.35. The molecule has 5 aromatic rings. The summed E-state index contributed by atoms with van der Waals surface area (Å²) >= 11 is 7.53. The van der Waals surface area contributed by atoms with Crippen LogP contribution in [0.2, 0.25) is 0 Å². The molecule has 4 amide bonds. The quantitative estimate of drug-likeness (QED) is 0.0645. The molecule has 352 valence electrons. The molecule has 18 nitrogen and oxygen atoms in total. The number of fused-ring (bicyclic) bond motifs is 1. The number of anilines is 5. The maximum atomic E-state index is 12.9. The Morgan fingerprint density at radius 2 is 1.20 bits per heavy atom. The first-order chi connectivity index (χ1) is 33.4. The lowest BCUT2D eigenvalue weighted by Gasteiger charge is -2.30. The third-order valence-electron chi connectivity index (χ3n) is 9.57. The molecule has 0 bridgehead atoms. The molecule has 0 aliphatic carbocycles. The Balaban J connectivity index is 0.000000267. The molecule has 0 spiro atoms. The number of carbonyl (C=O) groups excluding carboxylic acids is 4. The summed E-state index contributed by atoms with van der Waals surface area (Å²) in [6.07, 6.45) is 13.3. The summed E-state index contributed by atoms with van der Waals surface area (Å²) in [4.78, 5) is 76.4. The summed E-state index contributed by atoms with van der Waals surface area (Å²) in [5.41, 5.74) is 2.23. The number of halogens is 1. The first kappa shape index (κ1) is 51.5. The van der Waals surface area contributed by atoms with E-state index in [2.05, 4.69) is 43.7 Å². The number of hydrogen-bond acceptors (Lipinski definition) is 14. The minimum atomic E-state index is -0.638. The van der Waals surface area contributed by atoms with Gasteiger partial charge in [0.05, 0.1) is 31.9 Å². The van der Waals surface area contributed by atoms with Crippen LogP contribution in [0, 0.1) is 47.3 Å². The van der Waals surface area contributed by atoms with Gasteiger partial charge in [-0.3, -0.25) is 37.9 Å². The van der Waals surface area contributed by atoms with Crippen LogP contribution in [0.4, 0.5) is 28.4 Å². The number of thiazole rings is 2. The number of hydrogen-bond donors (Lipinski definition) is 6. The van der Waals surface area contributed by atoms with E-state index < -0.39 is 11.8 Å². The lowest BCUT2D eigenvalue weighted by Crippen LogP contribution is -2.38. The van der Waals surface area contributed by atoms with E-state index in [1.165, 1.54) is 21.5 Å². The fourth-order valence-corrected chi connectivity index (χ4v) is 8.69. The van der Waals surface area contributed by atoms with Crippen molar-refractivity contribution in [1.29, 1.82) is 10.5 Å². The van der Waals surface area contributed by atoms with E-state index in [9.17, 15) is 39.3 Å². The molecule has 6 rings (SSSR count). The number of para-hydroxylation sites is 2. The summed E-state index contributed by atoms with van der Waals surface area (Å²) in [6, 6.07) is 25.3. The van der Waals surface area contributed by atoms with Crippen LogP contribution in [0.25, 0.3) is 23.5 Å². The zero-order valence-corrected chi connectivity index (χ0v) is 39.6. The van der Waals surface area contributed by atoms with Crippen molar-refractivity contribution in [3.8, 4) is 42.6 Å². The summed E-state index contributed by atoms with van der Waals surface area (Å²) in [5, 5.41) is 35.5. The van der Waals surface area contributed by atoms with Gasteiger partial charge in [0.25, 0.3) is 22.9 Å². The van der Waals surface area contributed by atoms with E-state index in [1.807, 2.05) is 41.3 Å². The monoisotopic (exact) mass is 985 g/mol. The topological polar surface area (TPSA) is 245 Å². The number of carbonyl (C=O) groups is 4. The molecule has 0 saturated heterocycles. The van der Waals surface area contributed by atoms with Crippen molar-refractivity contribution in [2.45, 2.75) is 26.9 Å². The van der Waals surface area contributed by atoms with Crippen molar-refractivity contribution in [2.75, 3.05) is 64.8 Å². The number of benzene rings is 3. The normalized spacial score (nSPS) is 12.7. The number of nitrogens with zero attached hydrogens (tertiary/aromatic N) is 5. The molecule has 21 heteroatoms. The van der Waals surface area contributed by atoms with Gasteiger partial charge in [0.2, 0.25) is 11.8 Å². The number of nitriles is 2. The smallest absolute Gasteiger partial charge is 0.270 e. The Morgan fingerprint density at radius 3 is 1.67 bits per heavy atom. The van der Waals surface area contributed by atoms with E-state index >= 15 is 0 Å². The minimum Gasteiger partial charge on any atom is -0.490 e.